The van der Waals surface area contributed by atoms with Crippen LogP contribution in [0.2, 0.25) is 5.02 Å². The first-order valence-electron chi connectivity index (χ1n) is 7.09. The third-order valence-electron chi connectivity index (χ3n) is 3.70. The van der Waals surface area contributed by atoms with Crippen molar-refractivity contribution < 1.29 is 8.78 Å². The highest BCUT2D eigenvalue weighted by Gasteiger charge is 2.29. The molecule has 1 saturated heterocycles. The fourth-order valence-corrected chi connectivity index (χ4v) is 2.90. The molecule has 0 unspecified atom stereocenters. The molecule has 1 aliphatic heterocycles. The van der Waals surface area contributed by atoms with Crippen LogP contribution in [0.5, 0.6) is 0 Å². The summed E-state index contributed by atoms with van der Waals surface area (Å²) in [6.07, 6.45) is 0.716. The van der Waals surface area contributed by atoms with Gasteiger partial charge in [0.2, 0.25) is 0 Å². The molecule has 2 nitrogen and oxygen atoms in total. The molecular weight excluding hydrogens is 353 g/mol. The normalized spacial score (nSPS) is 16.8. The van der Waals surface area contributed by atoms with Crippen LogP contribution in [0.3, 0.4) is 0 Å². The number of hydrogen-bond acceptors (Lipinski definition) is 2. The summed E-state index contributed by atoms with van der Waals surface area (Å²) in [6, 6.07) is 2.28. The number of halogens is 5. The first-order chi connectivity index (χ1) is 9.50. The van der Waals surface area contributed by atoms with Gasteiger partial charge in [0.05, 0.1) is 5.02 Å². The van der Waals surface area contributed by atoms with Crippen molar-refractivity contribution in [2.24, 2.45) is 5.92 Å². The number of piperazine rings is 1. The maximum atomic E-state index is 14.3. The van der Waals surface area contributed by atoms with Gasteiger partial charge in [0, 0.05) is 37.8 Å². The largest absolute Gasteiger partial charge is 0.314 e. The van der Waals surface area contributed by atoms with E-state index < -0.39 is 11.6 Å². The smallest absolute Gasteiger partial charge is 0.149 e. The summed E-state index contributed by atoms with van der Waals surface area (Å²) in [5, 5.41) is 3.25. The summed E-state index contributed by atoms with van der Waals surface area (Å²) in [5.41, 5.74) is 0.119. The third-order valence-corrected chi connectivity index (χ3v) is 3.99. The van der Waals surface area contributed by atoms with Crippen molar-refractivity contribution in [3.05, 3.63) is 34.4 Å². The van der Waals surface area contributed by atoms with Crippen LogP contribution < -0.4 is 5.32 Å². The van der Waals surface area contributed by atoms with Gasteiger partial charge in [-0.2, -0.15) is 0 Å². The number of benzene rings is 1. The summed E-state index contributed by atoms with van der Waals surface area (Å²) in [5.74, 6) is -0.764. The lowest BCUT2D eigenvalue weighted by Crippen LogP contribution is -2.45. The summed E-state index contributed by atoms with van der Waals surface area (Å²) in [7, 11) is 0. The first-order valence-corrected chi connectivity index (χ1v) is 7.46. The molecule has 0 bridgehead atoms. The van der Waals surface area contributed by atoms with Crippen molar-refractivity contribution in [2.75, 3.05) is 26.2 Å². The van der Waals surface area contributed by atoms with Crippen LogP contribution in [0.1, 0.15) is 31.9 Å². The Bertz CT molecular complexity index is 466. The van der Waals surface area contributed by atoms with Gasteiger partial charge in [-0.25, -0.2) is 8.78 Å². The predicted octanol–water partition coefficient (Wildman–Crippen LogP) is 4.45. The molecule has 0 saturated carbocycles. The lowest BCUT2D eigenvalue weighted by atomic mass is 9.94. The van der Waals surface area contributed by atoms with E-state index in [-0.39, 0.29) is 41.4 Å². The Balaban J connectivity index is 0.00000220. The van der Waals surface area contributed by atoms with E-state index in [2.05, 4.69) is 24.1 Å². The minimum atomic E-state index is -0.615. The molecule has 0 radical (unpaired) electrons. The van der Waals surface area contributed by atoms with E-state index in [1.54, 1.807) is 0 Å². The summed E-state index contributed by atoms with van der Waals surface area (Å²) < 4.78 is 28.4. The van der Waals surface area contributed by atoms with Crippen molar-refractivity contribution in [1.29, 1.82) is 0 Å². The SMILES string of the molecule is CC(C)C[C@@H](c1c(F)ccc(Cl)c1F)N1CCNCC1.Cl.Cl. The van der Waals surface area contributed by atoms with E-state index in [0.29, 0.717) is 12.3 Å². The van der Waals surface area contributed by atoms with Crippen molar-refractivity contribution in [3.8, 4) is 0 Å². The molecule has 1 N–H and O–H groups in total. The minimum absolute atomic E-state index is 0. The molecule has 7 heteroatoms. The number of hydrogen-bond donors (Lipinski definition) is 1. The highest BCUT2D eigenvalue weighted by atomic mass is 35.5. The van der Waals surface area contributed by atoms with E-state index in [4.69, 9.17) is 11.6 Å². The summed E-state index contributed by atoms with van der Waals surface area (Å²) in [6.45, 7) is 7.41. The van der Waals surface area contributed by atoms with Gasteiger partial charge in [-0.05, 0) is 24.5 Å². The maximum Gasteiger partial charge on any atom is 0.149 e. The summed E-state index contributed by atoms with van der Waals surface area (Å²) >= 11 is 5.83. The van der Waals surface area contributed by atoms with E-state index in [0.717, 1.165) is 26.2 Å². The average molecular weight is 376 g/mol. The zero-order valence-electron chi connectivity index (χ0n) is 12.7. The maximum absolute atomic E-state index is 14.3. The van der Waals surface area contributed by atoms with E-state index >= 15 is 0 Å². The Morgan fingerprint density at radius 1 is 1.18 bits per heavy atom. The van der Waals surface area contributed by atoms with Crippen LogP contribution in [-0.4, -0.2) is 31.1 Å². The molecule has 128 valence electrons. The van der Waals surface area contributed by atoms with Gasteiger partial charge in [0.25, 0.3) is 0 Å². The molecule has 22 heavy (non-hydrogen) atoms. The molecule has 1 heterocycles. The predicted molar refractivity (Wildman–Crippen MR) is 92.5 cm³/mol. The second kappa shape index (κ2) is 9.89. The van der Waals surface area contributed by atoms with Crippen LogP contribution >= 0.6 is 36.4 Å². The van der Waals surface area contributed by atoms with Crippen molar-refractivity contribution in [1.82, 2.24) is 10.2 Å². The molecule has 0 aromatic heterocycles. The molecule has 1 aromatic rings. The topological polar surface area (TPSA) is 15.3 Å². The second-order valence-electron chi connectivity index (χ2n) is 5.69. The van der Waals surface area contributed by atoms with Gasteiger partial charge >= 0.3 is 0 Å². The van der Waals surface area contributed by atoms with Crippen LogP contribution in [0.15, 0.2) is 12.1 Å². The number of nitrogens with zero attached hydrogens (tertiary/aromatic N) is 1. The highest BCUT2D eigenvalue weighted by molar-refractivity contribution is 6.30. The monoisotopic (exact) mass is 374 g/mol. The lowest BCUT2D eigenvalue weighted by molar-refractivity contribution is 0.147. The second-order valence-corrected chi connectivity index (χ2v) is 6.10. The fourth-order valence-electron chi connectivity index (χ4n) is 2.74. The van der Waals surface area contributed by atoms with E-state index in [1.807, 2.05) is 0 Å². The van der Waals surface area contributed by atoms with Crippen molar-refractivity contribution in [2.45, 2.75) is 26.3 Å². The van der Waals surface area contributed by atoms with Gasteiger partial charge in [0.15, 0.2) is 0 Å². The zero-order chi connectivity index (χ0) is 14.7. The Labute approximate surface area is 148 Å². The van der Waals surface area contributed by atoms with Crippen LogP contribution in [-0.2, 0) is 0 Å². The average Bonchev–Trinajstić information content (AvgIpc) is 2.43. The number of nitrogens with one attached hydrogen (secondary N) is 1. The molecule has 0 spiro atoms. The zero-order valence-corrected chi connectivity index (χ0v) is 15.1. The highest BCUT2D eigenvalue weighted by Crippen LogP contribution is 2.34. The molecule has 1 aromatic carbocycles. The van der Waals surface area contributed by atoms with Gasteiger partial charge in [-0.3, -0.25) is 4.90 Å². The molecule has 1 fully saturated rings. The number of rotatable bonds is 4. The van der Waals surface area contributed by atoms with Crippen LogP contribution in [0.4, 0.5) is 8.78 Å². The standard InChI is InChI=1S/C15H21ClF2N2.2ClH/c1-10(2)9-13(20-7-5-19-6-8-20)14-12(17)4-3-11(16)15(14)18;;/h3-4,10,13,19H,5-9H2,1-2H3;2*1H/t13-;;/m0../s1. The van der Waals surface area contributed by atoms with Gasteiger partial charge in [-0.1, -0.05) is 25.4 Å². The quantitative estimate of drug-likeness (QED) is 0.782. The van der Waals surface area contributed by atoms with E-state index in [9.17, 15) is 8.78 Å². The van der Waals surface area contributed by atoms with Gasteiger partial charge in [-0.15, -0.1) is 24.8 Å². The Morgan fingerprint density at radius 3 is 2.32 bits per heavy atom. The minimum Gasteiger partial charge on any atom is -0.314 e. The third kappa shape index (κ3) is 5.20. The Kier molecular flexibility index (Phi) is 9.83. The molecule has 1 aliphatic rings. The fraction of sp³-hybridized carbons (Fsp3) is 0.600. The van der Waals surface area contributed by atoms with Crippen molar-refractivity contribution >= 4 is 36.4 Å². The van der Waals surface area contributed by atoms with Gasteiger partial charge < -0.3 is 5.32 Å². The van der Waals surface area contributed by atoms with Gasteiger partial charge in [0.1, 0.15) is 11.6 Å². The molecule has 0 amide bonds. The Hall–Kier alpha value is -0.130. The molecular formula is C15H23Cl3F2N2. The molecule has 2 rings (SSSR count). The summed E-state index contributed by atoms with van der Waals surface area (Å²) in [4.78, 5) is 2.15. The van der Waals surface area contributed by atoms with Crippen LogP contribution in [0.25, 0.3) is 0 Å². The van der Waals surface area contributed by atoms with Crippen LogP contribution in [0, 0.1) is 17.6 Å². The first kappa shape index (κ1) is 21.9. The van der Waals surface area contributed by atoms with E-state index in [1.165, 1.54) is 12.1 Å². The Morgan fingerprint density at radius 2 is 1.77 bits per heavy atom. The molecule has 1 atom stereocenters. The molecule has 0 aliphatic carbocycles. The lowest BCUT2D eigenvalue weighted by Gasteiger charge is -2.36. The van der Waals surface area contributed by atoms with Crippen molar-refractivity contribution in [3.63, 3.8) is 0 Å².